The van der Waals surface area contributed by atoms with Gasteiger partial charge in [0.05, 0.1) is 20.3 Å². The van der Waals surface area contributed by atoms with Crippen molar-refractivity contribution in [1.82, 2.24) is 9.47 Å². The molecule has 1 aromatic heterocycles. The fraction of sp³-hybridized carbons (Fsp3) is 0.370. The quantitative estimate of drug-likeness (QED) is 0.322. The van der Waals surface area contributed by atoms with Gasteiger partial charge in [0.25, 0.3) is 0 Å². The second kappa shape index (κ2) is 11.7. The zero-order chi connectivity index (χ0) is 23.8. The van der Waals surface area contributed by atoms with Gasteiger partial charge in [-0.2, -0.15) is 0 Å². The molecule has 0 saturated carbocycles. The van der Waals surface area contributed by atoms with E-state index in [1.54, 1.807) is 38.5 Å². The van der Waals surface area contributed by atoms with Crippen LogP contribution < -0.4 is 9.47 Å². The molecule has 0 spiro atoms. The number of aromatic nitrogens is 1. The number of ether oxygens (including phenoxy) is 2. The maximum atomic E-state index is 12.8. The van der Waals surface area contributed by atoms with Gasteiger partial charge in [-0.05, 0) is 56.4 Å². The highest BCUT2D eigenvalue weighted by Gasteiger charge is 2.13. The largest absolute Gasteiger partial charge is 0.493 e. The first-order chi connectivity index (χ1) is 16.0. The molecule has 0 radical (unpaired) electrons. The lowest BCUT2D eigenvalue weighted by atomic mass is 10.1. The summed E-state index contributed by atoms with van der Waals surface area (Å²) in [4.78, 5) is 14.9. The van der Waals surface area contributed by atoms with Crippen LogP contribution in [-0.2, 0) is 6.54 Å². The molecule has 3 rings (SSSR count). The lowest BCUT2D eigenvalue weighted by Gasteiger charge is -2.21. The molecule has 6 nitrogen and oxygen atoms in total. The number of hydrogen-bond donors (Lipinski definition) is 1. The zero-order valence-electron chi connectivity index (χ0n) is 20.0. The molecule has 0 fully saturated rings. The van der Waals surface area contributed by atoms with Gasteiger partial charge in [-0.25, -0.2) is 0 Å². The number of aliphatic hydroxyl groups is 1. The molecule has 0 bridgehead atoms. The standard InChI is InChI=1S/C27H34N2O4/c1-5-6-15-28(2)18-22(30)19-29-17-21(23-9-7-8-10-24(23)29)11-13-25(31)20-12-14-26(32-3)27(16-20)33-4/h7-14,16-17,22,30H,5-6,15,18-19H2,1-4H3/b13-11-/t22-/m0/s1. The van der Waals surface area contributed by atoms with Crippen LogP contribution in [0, 0.1) is 0 Å². The Morgan fingerprint density at radius 2 is 1.91 bits per heavy atom. The molecule has 33 heavy (non-hydrogen) atoms. The minimum atomic E-state index is -0.479. The Morgan fingerprint density at radius 3 is 2.64 bits per heavy atom. The predicted octanol–water partition coefficient (Wildman–Crippen LogP) is 4.65. The second-order valence-electron chi connectivity index (χ2n) is 8.29. The molecule has 2 aromatic carbocycles. The summed E-state index contributed by atoms with van der Waals surface area (Å²) in [6.07, 6.45) is 7.19. The number of carbonyl (C=O) groups is 1. The second-order valence-corrected chi connectivity index (χ2v) is 8.29. The summed E-state index contributed by atoms with van der Waals surface area (Å²) < 4.78 is 12.6. The van der Waals surface area contributed by atoms with Crippen LogP contribution in [0.2, 0.25) is 0 Å². The maximum Gasteiger partial charge on any atom is 0.185 e. The van der Waals surface area contributed by atoms with Crippen LogP contribution in [0.4, 0.5) is 0 Å². The summed E-state index contributed by atoms with van der Waals surface area (Å²) in [5.41, 5.74) is 2.50. The molecule has 3 aromatic rings. The number of methoxy groups -OCH3 is 2. The van der Waals surface area contributed by atoms with Gasteiger partial charge in [-0.3, -0.25) is 4.79 Å². The van der Waals surface area contributed by atoms with Gasteiger partial charge in [-0.15, -0.1) is 0 Å². The van der Waals surface area contributed by atoms with E-state index in [2.05, 4.69) is 16.4 Å². The van der Waals surface area contributed by atoms with Crippen LogP contribution in [0.25, 0.3) is 17.0 Å². The number of ketones is 1. The number of carbonyl (C=O) groups excluding carboxylic acids is 1. The van der Waals surface area contributed by atoms with E-state index in [4.69, 9.17) is 9.47 Å². The number of unbranched alkanes of at least 4 members (excludes halogenated alkanes) is 1. The maximum absolute atomic E-state index is 12.8. The average molecular weight is 451 g/mol. The van der Waals surface area contributed by atoms with Crippen molar-refractivity contribution >= 4 is 22.8 Å². The fourth-order valence-corrected chi connectivity index (χ4v) is 3.97. The topological polar surface area (TPSA) is 63.9 Å². The molecule has 0 aliphatic heterocycles. The van der Waals surface area contributed by atoms with E-state index in [1.165, 1.54) is 0 Å². The molecule has 0 amide bonds. The Hall–Kier alpha value is -3.09. The third-order valence-electron chi connectivity index (χ3n) is 5.72. The number of likely N-dealkylation sites (N-methyl/N-ethyl adjacent to an activating group) is 1. The van der Waals surface area contributed by atoms with E-state index >= 15 is 0 Å². The van der Waals surface area contributed by atoms with Gasteiger partial charge in [0.2, 0.25) is 0 Å². The molecule has 176 valence electrons. The highest BCUT2D eigenvalue weighted by molar-refractivity contribution is 6.08. The molecule has 1 N–H and O–H groups in total. The monoisotopic (exact) mass is 450 g/mol. The van der Waals surface area contributed by atoms with Gasteiger partial charge in [0.15, 0.2) is 17.3 Å². The number of para-hydroxylation sites is 1. The lowest BCUT2D eigenvalue weighted by molar-refractivity contribution is 0.104. The number of aliphatic hydroxyl groups excluding tert-OH is 1. The molecular weight excluding hydrogens is 416 g/mol. The van der Waals surface area contributed by atoms with Crippen molar-refractivity contribution in [3.63, 3.8) is 0 Å². The Morgan fingerprint density at radius 1 is 1.15 bits per heavy atom. The number of hydrogen-bond acceptors (Lipinski definition) is 5. The lowest BCUT2D eigenvalue weighted by Crippen LogP contribution is -2.32. The van der Waals surface area contributed by atoms with Gasteiger partial charge < -0.3 is 24.0 Å². The minimum absolute atomic E-state index is 0.120. The predicted molar refractivity (Wildman–Crippen MR) is 133 cm³/mol. The highest BCUT2D eigenvalue weighted by Crippen LogP contribution is 2.28. The van der Waals surface area contributed by atoms with Crippen LogP contribution in [0.3, 0.4) is 0 Å². The van der Waals surface area contributed by atoms with Crippen molar-refractivity contribution in [1.29, 1.82) is 0 Å². The van der Waals surface area contributed by atoms with Crippen LogP contribution in [-0.4, -0.2) is 60.8 Å². The zero-order valence-corrected chi connectivity index (χ0v) is 20.0. The Bertz CT molecular complexity index is 1100. The van der Waals surface area contributed by atoms with Crippen molar-refractivity contribution < 1.29 is 19.4 Å². The normalized spacial score (nSPS) is 12.5. The molecule has 1 heterocycles. The van der Waals surface area contributed by atoms with E-state index < -0.39 is 6.10 Å². The average Bonchev–Trinajstić information content (AvgIpc) is 3.17. The van der Waals surface area contributed by atoms with E-state index in [0.717, 1.165) is 35.9 Å². The van der Waals surface area contributed by atoms with Crippen molar-refractivity contribution in [2.24, 2.45) is 0 Å². The smallest absolute Gasteiger partial charge is 0.185 e. The first-order valence-corrected chi connectivity index (χ1v) is 11.4. The summed E-state index contributed by atoms with van der Waals surface area (Å²) >= 11 is 0. The van der Waals surface area contributed by atoms with Gasteiger partial charge in [0.1, 0.15) is 0 Å². The Balaban J connectivity index is 1.79. The number of nitrogens with zero attached hydrogens (tertiary/aromatic N) is 2. The first-order valence-electron chi connectivity index (χ1n) is 11.4. The molecule has 6 heteroatoms. The first kappa shape index (κ1) is 24.6. The van der Waals surface area contributed by atoms with Crippen molar-refractivity contribution in [2.75, 3.05) is 34.4 Å². The summed E-state index contributed by atoms with van der Waals surface area (Å²) in [5.74, 6) is 0.983. The third-order valence-corrected chi connectivity index (χ3v) is 5.72. The third kappa shape index (κ3) is 6.24. The van der Waals surface area contributed by atoms with Gasteiger partial charge in [-0.1, -0.05) is 31.5 Å². The fourth-order valence-electron chi connectivity index (χ4n) is 3.97. The van der Waals surface area contributed by atoms with Gasteiger partial charge >= 0.3 is 0 Å². The van der Waals surface area contributed by atoms with Crippen molar-refractivity contribution in [3.8, 4) is 11.5 Å². The Labute approximate surface area is 196 Å². The van der Waals surface area contributed by atoms with Crippen LogP contribution in [0.5, 0.6) is 11.5 Å². The molecule has 0 saturated heterocycles. The van der Waals surface area contributed by atoms with Crippen molar-refractivity contribution in [3.05, 3.63) is 65.9 Å². The van der Waals surface area contributed by atoms with E-state index in [0.29, 0.717) is 30.2 Å². The number of benzene rings is 2. The summed E-state index contributed by atoms with van der Waals surface area (Å²) in [5, 5.41) is 11.7. The number of fused-ring (bicyclic) bond motifs is 1. The minimum Gasteiger partial charge on any atom is -0.493 e. The summed E-state index contributed by atoms with van der Waals surface area (Å²) in [6.45, 7) is 4.26. The molecule has 0 aliphatic rings. The highest BCUT2D eigenvalue weighted by atomic mass is 16.5. The van der Waals surface area contributed by atoms with Crippen molar-refractivity contribution in [2.45, 2.75) is 32.4 Å². The van der Waals surface area contributed by atoms with Gasteiger partial charge in [0, 0.05) is 41.3 Å². The number of allylic oxidation sites excluding steroid dienone is 1. The SMILES string of the molecule is CCCCN(C)C[C@H](O)Cn1cc(/C=C\C(=O)c2ccc(OC)c(OC)c2)c2ccccc21. The molecule has 1 atom stereocenters. The molecule has 0 aliphatic carbocycles. The number of rotatable bonds is 12. The molecule has 0 unspecified atom stereocenters. The van der Waals surface area contributed by atoms with Crippen LogP contribution >= 0.6 is 0 Å². The molecular formula is C27H34N2O4. The van der Waals surface area contributed by atoms with Crippen LogP contribution in [0.1, 0.15) is 35.7 Å². The van der Waals surface area contributed by atoms with E-state index in [1.807, 2.05) is 43.6 Å². The Kier molecular flexibility index (Phi) is 8.69. The summed E-state index contributed by atoms with van der Waals surface area (Å²) in [6, 6.07) is 13.2. The van der Waals surface area contributed by atoms with E-state index in [9.17, 15) is 9.90 Å². The summed E-state index contributed by atoms with van der Waals surface area (Å²) in [7, 11) is 5.16. The van der Waals surface area contributed by atoms with Crippen LogP contribution in [0.15, 0.2) is 54.7 Å². The van der Waals surface area contributed by atoms with E-state index in [-0.39, 0.29) is 5.78 Å².